The van der Waals surface area contributed by atoms with Crippen LogP contribution in [0.3, 0.4) is 0 Å². The van der Waals surface area contributed by atoms with Crippen LogP contribution in [0.4, 0.5) is 0 Å². The number of imidazole rings is 1. The zero-order valence-electron chi connectivity index (χ0n) is 14.5. The molecule has 0 N–H and O–H groups in total. The smallest absolute Gasteiger partial charge is 0.267 e. The Hall–Kier alpha value is -2.98. The van der Waals surface area contributed by atoms with Crippen LogP contribution in [-0.2, 0) is 0 Å². The number of aryl methyl sites for hydroxylation is 2. The number of fused-ring (bicyclic) bond motifs is 4. The maximum atomic E-state index is 13.0. The lowest BCUT2D eigenvalue weighted by molar-refractivity contribution is 1.19. The molecule has 4 heteroatoms. The van der Waals surface area contributed by atoms with Crippen LogP contribution in [0.2, 0.25) is 0 Å². The first-order valence-corrected chi connectivity index (χ1v) is 9.36. The first-order valence-electron chi connectivity index (χ1n) is 8.54. The largest absolute Gasteiger partial charge is 0.274 e. The van der Waals surface area contributed by atoms with E-state index in [1.165, 1.54) is 22.3 Å². The summed E-state index contributed by atoms with van der Waals surface area (Å²) in [5, 5.41) is 2.32. The van der Waals surface area contributed by atoms with Crippen LogP contribution in [-0.4, -0.2) is 9.38 Å². The lowest BCUT2D eigenvalue weighted by Crippen LogP contribution is -2.22. The Morgan fingerprint density at radius 3 is 2.69 bits per heavy atom. The molecule has 5 aromatic rings. The second kappa shape index (κ2) is 5.51. The molecule has 0 radical (unpaired) electrons. The van der Waals surface area contributed by atoms with Gasteiger partial charge in [0.15, 0.2) is 4.96 Å². The van der Waals surface area contributed by atoms with Crippen LogP contribution in [0.5, 0.6) is 0 Å². The molecule has 3 nitrogen and oxygen atoms in total. The summed E-state index contributed by atoms with van der Waals surface area (Å²) in [5.74, 6) is 0. The Bertz CT molecular complexity index is 1420. The zero-order valence-corrected chi connectivity index (χ0v) is 15.3. The van der Waals surface area contributed by atoms with Crippen LogP contribution >= 0.6 is 11.3 Å². The fourth-order valence-electron chi connectivity index (χ4n) is 3.48. The first kappa shape index (κ1) is 15.3. The third-order valence-electron chi connectivity index (χ3n) is 5.05. The maximum absolute atomic E-state index is 13.0. The second-order valence-electron chi connectivity index (χ2n) is 6.59. The summed E-state index contributed by atoms with van der Waals surface area (Å²) in [6.07, 6.45) is 1.98. The van der Waals surface area contributed by atoms with E-state index in [4.69, 9.17) is 4.98 Å². The van der Waals surface area contributed by atoms with E-state index in [0.717, 1.165) is 32.5 Å². The molecule has 126 valence electrons. The van der Waals surface area contributed by atoms with Crippen molar-refractivity contribution in [3.05, 3.63) is 86.2 Å². The highest BCUT2D eigenvalue weighted by Gasteiger charge is 2.13. The predicted octanol–water partition coefficient (Wildman–Crippen LogP) is 4.23. The molecule has 0 spiro atoms. The third kappa shape index (κ3) is 2.12. The van der Waals surface area contributed by atoms with Crippen molar-refractivity contribution < 1.29 is 0 Å². The van der Waals surface area contributed by atoms with Crippen LogP contribution in [0, 0.1) is 13.8 Å². The van der Waals surface area contributed by atoms with Crippen LogP contribution in [0.1, 0.15) is 16.7 Å². The number of hydrogen-bond donors (Lipinski definition) is 0. The SMILES string of the molecule is Cc1ccc2c(nc3s/c(=C\c4cccc5ccccc45)c(=O)n32)c1C. The van der Waals surface area contributed by atoms with Gasteiger partial charge >= 0.3 is 0 Å². The minimum absolute atomic E-state index is 0.00341. The van der Waals surface area contributed by atoms with E-state index in [9.17, 15) is 4.79 Å². The Morgan fingerprint density at radius 2 is 1.81 bits per heavy atom. The number of benzene rings is 3. The van der Waals surface area contributed by atoms with Gasteiger partial charge in [-0.1, -0.05) is 59.9 Å². The van der Waals surface area contributed by atoms with Crippen molar-refractivity contribution in [2.24, 2.45) is 0 Å². The molecule has 0 atom stereocenters. The monoisotopic (exact) mass is 356 g/mol. The third-order valence-corrected chi connectivity index (χ3v) is 6.01. The maximum Gasteiger partial charge on any atom is 0.274 e. The van der Waals surface area contributed by atoms with Gasteiger partial charge in [0.2, 0.25) is 0 Å². The van der Waals surface area contributed by atoms with Crippen molar-refractivity contribution in [3.8, 4) is 0 Å². The van der Waals surface area contributed by atoms with Gasteiger partial charge in [-0.2, -0.15) is 0 Å². The molecule has 26 heavy (non-hydrogen) atoms. The Morgan fingerprint density at radius 1 is 1.00 bits per heavy atom. The van der Waals surface area contributed by atoms with Crippen LogP contribution < -0.4 is 10.1 Å². The summed E-state index contributed by atoms with van der Waals surface area (Å²) >= 11 is 1.45. The van der Waals surface area contributed by atoms with E-state index in [1.807, 2.05) is 30.3 Å². The van der Waals surface area contributed by atoms with Gasteiger partial charge in [-0.05, 0) is 53.5 Å². The van der Waals surface area contributed by atoms with E-state index in [0.29, 0.717) is 4.53 Å². The normalized spacial score (nSPS) is 12.6. The molecular weight excluding hydrogens is 340 g/mol. The molecule has 0 fully saturated rings. The fraction of sp³-hybridized carbons (Fsp3) is 0.0909. The van der Waals surface area contributed by atoms with Crippen molar-refractivity contribution in [1.29, 1.82) is 0 Å². The fourth-order valence-corrected chi connectivity index (χ4v) is 4.45. The van der Waals surface area contributed by atoms with Crippen LogP contribution in [0.25, 0.3) is 32.8 Å². The molecule has 0 bridgehead atoms. The van der Waals surface area contributed by atoms with E-state index in [-0.39, 0.29) is 5.56 Å². The van der Waals surface area contributed by atoms with E-state index in [2.05, 4.69) is 44.2 Å². The van der Waals surface area contributed by atoms with E-state index >= 15 is 0 Å². The number of nitrogens with zero attached hydrogens (tertiary/aromatic N) is 2. The molecule has 0 aliphatic heterocycles. The highest BCUT2D eigenvalue weighted by atomic mass is 32.1. The van der Waals surface area contributed by atoms with Crippen molar-refractivity contribution in [3.63, 3.8) is 0 Å². The minimum Gasteiger partial charge on any atom is -0.267 e. The molecule has 0 aliphatic rings. The van der Waals surface area contributed by atoms with Crippen molar-refractivity contribution in [1.82, 2.24) is 9.38 Å². The average Bonchev–Trinajstić information content (AvgIpc) is 3.16. The highest BCUT2D eigenvalue weighted by Crippen LogP contribution is 2.23. The Balaban J connectivity index is 1.83. The van der Waals surface area contributed by atoms with Gasteiger partial charge in [0.1, 0.15) is 0 Å². The van der Waals surface area contributed by atoms with Crippen molar-refractivity contribution >= 4 is 44.2 Å². The van der Waals surface area contributed by atoms with E-state index < -0.39 is 0 Å². The molecular formula is C22H16N2OS. The average molecular weight is 356 g/mol. The molecule has 0 unspecified atom stereocenters. The number of rotatable bonds is 1. The van der Waals surface area contributed by atoms with Gasteiger partial charge in [-0.3, -0.25) is 4.79 Å². The minimum atomic E-state index is 0.00341. The van der Waals surface area contributed by atoms with Gasteiger partial charge < -0.3 is 0 Å². The Labute approximate surface area is 153 Å². The number of aromatic nitrogens is 2. The van der Waals surface area contributed by atoms with Crippen molar-refractivity contribution in [2.75, 3.05) is 0 Å². The highest BCUT2D eigenvalue weighted by molar-refractivity contribution is 7.15. The predicted molar refractivity (Wildman–Crippen MR) is 109 cm³/mol. The standard InChI is InChI=1S/C22H16N2OS/c1-13-10-11-18-20(14(13)2)23-22-24(18)21(25)19(26-22)12-16-8-5-7-15-6-3-4-9-17(15)16/h3-12H,1-2H3/b19-12-. The Kier molecular flexibility index (Phi) is 3.24. The quantitative estimate of drug-likeness (QED) is 0.450. The molecule has 2 aromatic heterocycles. The number of hydrogen-bond acceptors (Lipinski definition) is 3. The van der Waals surface area contributed by atoms with Crippen molar-refractivity contribution in [2.45, 2.75) is 13.8 Å². The molecule has 0 saturated heterocycles. The summed E-state index contributed by atoms with van der Waals surface area (Å²) in [6, 6.07) is 18.4. The molecule has 5 rings (SSSR count). The van der Waals surface area contributed by atoms with Gasteiger partial charge in [-0.15, -0.1) is 0 Å². The molecule has 0 aliphatic carbocycles. The lowest BCUT2D eigenvalue weighted by Gasteiger charge is -2.00. The summed E-state index contributed by atoms with van der Waals surface area (Å²) in [6.45, 7) is 4.13. The van der Waals surface area contributed by atoms with Gasteiger partial charge in [0, 0.05) is 0 Å². The number of thiazole rings is 1. The zero-order chi connectivity index (χ0) is 17.8. The van der Waals surface area contributed by atoms with Gasteiger partial charge in [0.25, 0.3) is 5.56 Å². The summed E-state index contributed by atoms with van der Waals surface area (Å²) in [4.78, 5) is 18.5. The second-order valence-corrected chi connectivity index (χ2v) is 7.60. The van der Waals surface area contributed by atoms with Gasteiger partial charge in [0.05, 0.1) is 15.6 Å². The van der Waals surface area contributed by atoms with E-state index in [1.54, 1.807) is 4.40 Å². The van der Waals surface area contributed by atoms with Crippen LogP contribution in [0.15, 0.2) is 59.4 Å². The molecule has 2 heterocycles. The lowest BCUT2D eigenvalue weighted by atomic mass is 10.0. The summed E-state index contributed by atoms with van der Waals surface area (Å²) in [7, 11) is 0. The topological polar surface area (TPSA) is 34.4 Å². The van der Waals surface area contributed by atoms with Gasteiger partial charge in [-0.25, -0.2) is 9.38 Å². The molecule has 0 amide bonds. The summed E-state index contributed by atoms with van der Waals surface area (Å²) in [5.41, 5.74) is 5.20. The molecule has 0 saturated carbocycles. The summed E-state index contributed by atoms with van der Waals surface area (Å²) < 4.78 is 2.45. The first-order chi connectivity index (χ1) is 12.6. The molecule has 3 aromatic carbocycles.